The van der Waals surface area contributed by atoms with Crippen molar-refractivity contribution in [3.05, 3.63) is 54.2 Å². The van der Waals surface area contributed by atoms with Crippen LogP contribution >= 0.6 is 0 Å². The Morgan fingerprint density at radius 1 is 1.27 bits per heavy atom. The van der Waals surface area contributed by atoms with Crippen molar-refractivity contribution < 1.29 is 13.5 Å². The molecule has 3 aromatic rings. The third-order valence-corrected chi connectivity index (χ3v) is 3.75. The maximum atomic E-state index is 10.6. The van der Waals surface area contributed by atoms with Crippen LogP contribution in [0.3, 0.4) is 0 Å². The van der Waals surface area contributed by atoms with Crippen LogP contribution in [0.4, 0.5) is 0 Å². The lowest BCUT2D eigenvalue weighted by Gasteiger charge is -2.06. The van der Waals surface area contributed by atoms with Crippen molar-refractivity contribution in [3.8, 4) is 11.4 Å². The van der Waals surface area contributed by atoms with Crippen molar-refractivity contribution in [2.45, 2.75) is 6.54 Å². The number of nitrogens with zero attached hydrogens (tertiary/aromatic N) is 2. The summed E-state index contributed by atoms with van der Waals surface area (Å²) in [5, 5.41) is 5.40. The number of ether oxygens (including phenoxy) is 1. The molecule has 0 aliphatic heterocycles. The fourth-order valence-corrected chi connectivity index (χ4v) is 2.53. The number of benzene rings is 2. The van der Waals surface area contributed by atoms with Gasteiger partial charge in [0.25, 0.3) is 0 Å². The third-order valence-electron chi connectivity index (χ3n) is 3.36. The van der Waals surface area contributed by atoms with Crippen molar-refractivity contribution in [2.75, 3.05) is 7.11 Å². The van der Waals surface area contributed by atoms with Crippen LogP contribution in [0.5, 0.6) is 5.75 Å². The summed E-state index contributed by atoms with van der Waals surface area (Å²) in [5.74, 6) is 0.797. The van der Waals surface area contributed by atoms with Crippen LogP contribution in [0.15, 0.2) is 48.7 Å². The minimum Gasteiger partial charge on any atom is -0.497 e. The molecule has 0 saturated heterocycles. The molecule has 0 aliphatic carbocycles. The zero-order chi connectivity index (χ0) is 15.5. The van der Waals surface area contributed by atoms with Gasteiger partial charge in [-0.2, -0.15) is 5.10 Å². The standard InChI is InChI=1S/C15H15N3O3S/c1-21-14-6-7-15-12(8-14)10-16-18(15)13-4-2-11(3-5-13)9-17-22(19)20/h2-8,10,17H,9H2,1H3,(H,19,20). The van der Waals surface area contributed by atoms with Crippen LogP contribution in [0, 0.1) is 0 Å². The number of methoxy groups -OCH3 is 1. The third kappa shape index (κ3) is 3.01. The average Bonchev–Trinajstić information content (AvgIpc) is 2.96. The predicted octanol–water partition coefficient (Wildman–Crippen LogP) is 2.26. The first-order valence-corrected chi connectivity index (χ1v) is 7.73. The van der Waals surface area contributed by atoms with E-state index in [0.717, 1.165) is 27.9 Å². The van der Waals surface area contributed by atoms with Gasteiger partial charge in [0.2, 0.25) is 11.3 Å². The molecule has 22 heavy (non-hydrogen) atoms. The molecule has 1 atom stereocenters. The Balaban J connectivity index is 1.89. The normalized spacial score (nSPS) is 12.5. The van der Waals surface area contributed by atoms with E-state index in [1.807, 2.05) is 47.1 Å². The molecule has 0 aliphatic rings. The topological polar surface area (TPSA) is 76.4 Å². The van der Waals surface area contributed by atoms with Crippen LogP contribution < -0.4 is 9.46 Å². The zero-order valence-corrected chi connectivity index (χ0v) is 12.7. The lowest BCUT2D eigenvalue weighted by Crippen LogP contribution is -2.15. The first kappa shape index (κ1) is 14.7. The van der Waals surface area contributed by atoms with Crippen molar-refractivity contribution in [2.24, 2.45) is 0 Å². The SMILES string of the molecule is COc1ccc2c(cnn2-c2ccc(CNS(=O)O)cc2)c1. The molecule has 114 valence electrons. The van der Waals surface area contributed by atoms with Crippen molar-refractivity contribution in [1.29, 1.82) is 0 Å². The second-order valence-electron chi connectivity index (χ2n) is 4.72. The van der Waals surface area contributed by atoms with Gasteiger partial charge in [-0.25, -0.2) is 13.6 Å². The quantitative estimate of drug-likeness (QED) is 0.708. The smallest absolute Gasteiger partial charge is 0.232 e. The summed E-state index contributed by atoms with van der Waals surface area (Å²) in [7, 11) is 1.64. The Morgan fingerprint density at radius 2 is 2.05 bits per heavy atom. The van der Waals surface area contributed by atoms with E-state index >= 15 is 0 Å². The van der Waals surface area contributed by atoms with Gasteiger partial charge >= 0.3 is 0 Å². The molecular formula is C15H15N3O3S. The summed E-state index contributed by atoms with van der Waals surface area (Å²) in [5.41, 5.74) is 2.83. The van der Waals surface area contributed by atoms with Gasteiger partial charge in [0.15, 0.2) is 0 Å². The largest absolute Gasteiger partial charge is 0.497 e. The van der Waals surface area contributed by atoms with Crippen molar-refractivity contribution in [1.82, 2.24) is 14.5 Å². The fourth-order valence-electron chi connectivity index (χ4n) is 2.24. The second kappa shape index (κ2) is 6.27. The van der Waals surface area contributed by atoms with E-state index in [-0.39, 0.29) is 0 Å². The van der Waals surface area contributed by atoms with Gasteiger partial charge in [-0.3, -0.25) is 4.55 Å². The number of rotatable bonds is 5. The molecule has 1 heterocycles. The highest BCUT2D eigenvalue weighted by atomic mass is 32.2. The molecule has 0 radical (unpaired) electrons. The second-order valence-corrected chi connectivity index (χ2v) is 5.50. The van der Waals surface area contributed by atoms with Gasteiger partial charge in [0.05, 0.1) is 24.5 Å². The van der Waals surface area contributed by atoms with Gasteiger partial charge in [-0.1, -0.05) is 12.1 Å². The van der Waals surface area contributed by atoms with E-state index in [9.17, 15) is 4.21 Å². The highest BCUT2D eigenvalue weighted by molar-refractivity contribution is 7.77. The number of fused-ring (bicyclic) bond motifs is 1. The molecule has 0 saturated carbocycles. The summed E-state index contributed by atoms with van der Waals surface area (Å²) in [6.07, 6.45) is 1.79. The van der Waals surface area contributed by atoms with E-state index < -0.39 is 11.3 Å². The molecule has 0 fully saturated rings. The summed E-state index contributed by atoms with van der Waals surface area (Å²) < 4.78 is 28.8. The first-order chi connectivity index (χ1) is 10.7. The van der Waals surface area contributed by atoms with Crippen LogP contribution in [0.25, 0.3) is 16.6 Å². The van der Waals surface area contributed by atoms with E-state index in [0.29, 0.717) is 6.54 Å². The lowest BCUT2D eigenvalue weighted by molar-refractivity contribution is 0.415. The van der Waals surface area contributed by atoms with Crippen LogP contribution in [0.1, 0.15) is 5.56 Å². The molecule has 1 unspecified atom stereocenters. The molecule has 7 heteroatoms. The van der Waals surface area contributed by atoms with Crippen LogP contribution in [-0.2, 0) is 17.8 Å². The number of hydrogen-bond donors (Lipinski definition) is 2. The summed E-state index contributed by atoms with van der Waals surface area (Å²) in [6.45, 7) is 0.334. The zero-order valence-electron chi connectivity index (χ0n) is 11.9. The average molecular weight is 317 g/mol. The monoisotopic (exact) mass is 317 g/mol. The fraction of sp³-hybridized carbons (Fsp3) is 0.133. The lowest BCUT2D eigenvalue weighted by atomic mass is 10.2. The highest BCUT2D eigenvalue weighted by Crippen LogP contribution is 2.23. The predicted molar refractivity (Wildman–Crippen MR) is 85.2 cm³/mol. The Hall–Kier alpha value is -2.22. The first-order valence-electron chi connectivity index (χ1n) is 6.63. The van der Waals surface area contributed by atoms with Crippen LogP contribution in [-0.4, -0.2) is 25.7 Å². The summed E-state index contributed by atoms with van der Waals surface area (Å²) in [4.78, 5) is 0. The number of nitrogens with one attached hydrogen (secondary N) is 1. The van der Waals surface area contributed by atoms with Gasteiger partial charge in [0.1, 0.15) is 5.75 Å². The number of aromatic nitrogens is 2. The molecule has 3 rings (SSSR count). The van der Waals surface area contributed by atoms with E-state index in [4.69, 9.17) is 9.29 Å². The Kier molecular flexibility index (Phi) is 4.19. The minimum absolute atomic E-state index is 0.334. The molecule has 0 bridgehead atoms. The van der Waals surface area contributed by atoms with Gasteiger partial charge in [-0.05, 0) is 35.9 Å². The highest BCUT2D eigenvalue weighted by Gasteiger charge is 2.06. The van der Waals surface area contributed by atoms with Gasteiger partial charge in [-0.15, -0.1) is 0 Å². The summed E-state index contributed by atoms with van der Waals surface area (Å²) in [6, 6.07) is 13.4. The minimum atomic E-state index is -2.00. The molecule has 6 nitrogen and oxygen atoms in total. The van der Waals surface area contributed by atoms with E-state index in [2.05, 4.69) is 9.82 Å². The van der Waals surface area contributed by atoms with Gasteiger partial charge in [0, 0.05) is 11.9 Å². The number of hydrogen-bond acceptors (Lipinski definition) is 3. The Morgan fingerprint density at radius 3 is 2.73 bits per heavy atom. The molecule has 1 aromatic heterocycles. The van der Waals surface area contributed by atoms with Crippen LogP contribution in [0.2, 0.25) is 0 Å². The molecule has 0 spiro atoms. The molecule has 0 amide bonds. The Bertz CT molecular complexity index is 815. The van der Waals surface area contributed by atoms with Gasteiger partial charge < -0.3 is 4.74 Å². The molecular weight excluding hydrogens is 302 g/mol. The molecule has 2 aromatic carbocycles. The van der Waals surface area contributed by atoms with Crippen molar-refractivity contribution >= 4 is 22.2 Å². The van der Waals surface area contributed by atoms with E-state index in [1.165, 1.54) is 0 Å². The maximum Gasteiger partial charge on any atom is 0.232 e. The van der Waals surface area contributed by atoms with E-state index in [1.54, 1.807) is 13.3 Å². The summed E-state index contributed by atoms with van der Waals surface area (Å²) >= 11 is -2.00. The Labute approximate surface area is 130 Å². The van der Waals surface area contributed by atoms with Crippen molar-refractivity contribution in [3.63, 3.8) is 0 Å². The molecule has 2 N–H and O–H groups in total. The maximum absolute atomic E-state index is 10.6.